The van der Waals surface area contributed by atoms with E-state index in [4.69, 9.17) is 33.0 Å². The summed E-state index contributed by atoms with van der Waals surface area (Å²) in [6.07, 6.45) is -0.640. The number of halogens is 2. The molecule has 0 radical (unpaired) electrons. The molecule has 0 bridgehead atoms. The molecule has 33 heavy (non-hydrogen) atoms. The molecule has 2 atom stereocenters. The van der Waals surface area contributed by atoms with E-state index in [9.17, 15) is 9.59 Å². The summed E-state index contributed by atoms with van der Waals surface area (Å²) in [4.78, 5) is 27.2. The van der Waals surface area contributed by atoms with Gasteiger partial charge in [-0.3, -0.25) is 9.80 Å². The van der Waals surface area contributed by atoms with Crippen molar-refractivity contribution in [3.05, 3.63) is 100 Å². The van der Waals surface area contributed by atoms with E-state index in [1.165, 1.54) is 0 Å². The lowest BCUT2D eigenvalue weighted by Crippen LogP contribution is -2.48. The highest BCUT2D eigenvalue weighted by molar-refractivity contribution is 6.31. The van der Waals surface area contributed by atoms with Crippen LogP contribution in [0.1, 0.15) is 17.0 Å². The van der Waals surface area contributed by atoms with Crippen molar-refractivity contribution in [2.24, 2.45) is 5.10 Å². The summed E-state index contributed by atoms with van der Waals surface area (Å²) >= 11 is 12.4. The summed E-state index contributed by atoms with van der Waals surface area (Å²) < 4.78 is 5.05. The monoisotopic (exact) mass is 479 g/mol. The van der Waals surface area contributed by atoms with Gasteiger partial charge in [0.05, 0.1) is 23.9 Å². The number of anilines is 1. The van der Waals surface area contributed by atoms with Gasteiger partial charge in [-0.1, -0.05) is 65.7 Å². The lowest BCUT2D eigenvalue weighted by molar-refractivity contribution is -0.129. The highest BCUT2D eigenvalue weighted by Crippen LogP contribution is 2.39. The van der Waals surface area contributed by atoms with Crippen LogP contribution in [-0.4, -0.2) is 41.8 Å². The van der Waals surface area contributed by atoms with Crippen molar-refractivity contribution in [2.75, 3.05) is 18.2 Å². The summed E-state index contributed by atoms with van der Waals surface area (Å²) in [7, 11) is 0. The summed E-state index contributed by atoms with van der Waals surface area (Å²) in [6, 6.07) is 23.3. The number of cyclic esters (lactones) is 1. The Morgan fingerprint density at radius 1 is 0.939 bits per heavy atom. The number of benzene rings is 3. The van der Waals surface area contributed by atoms with Crippen molar-refractivity contribution >= 4 is 46.6 Å². The molecule has 6 nitrogen and oxygen atoms in total. The number of hydrogen-bond acceptors (Lipinski definition) is 5. The van der Waals surface area contributed by atoms with E-state index in [2.05, 4.69) is 0 Å². The fourth-order valence-corrected chi connectivity index (χ4v) is 4.54. The predicted molar refractivity (Wildman–Crippen MR) is 128 cm³/mol. The third-order valence-corrected chi connectivity index (χ3v) is 6.23. The Bertz CT molecular complexity index is 1230. The Morgan fingerprint density at radius 2 is 1.70 bits per heavy atom. The van der Waals surface area contributed by atoms with Crippen LogP contribution in [0.3, 0.4) is 0 Å². The molecule has 0 unspecified atom stereocenters. The molecule has 2 aliphatic rings. The van der Waals surface area contributed by atoms with Gasteiger partial charge in [-0.2, -0.15) is 5.10 Å². The number of amides is 2. The summed E-state index contributed by atoms with van der Waals surface area (Å²) in [6.45, 7) is 0.382. The quantitative estimate of drug-likeness (QED) is 0.505. The van der Waals surface area contributed by atoms with E-state index in [1.54, 1.807) is 23.2 Å². The smallest absolute Gasteiger partial charge is 0.416 e. The van der Waals surface area contributed by atoms with Crippen LogP contribution < -0.4 is 5.01 Å². The van der Waals surface area contributed by atoms with Gasteiger partial charge in [-0.05, 0) is 47.5 Å². The molecule has 2 heterocycles. The first-order chi connectivity index (χ1) is 16.0. The van der Waals surface area contributed by atoms with Crippen LogP contribution in [0.2, 0.25) is 10.0 Å². The maximum absolute atomic E-state index is 13.8. The van der Waals surface area contributed by atoms with E-state index in [-0.39, 0.29) is 19.1 Å². The summed E-state index contributed by atoms with van der Waals surface area (Å²) in [5, 5.41) is 7.74. The zero-order chi connectivity index (χ0) is 22.9. The highest BCUT2D eigenvalue weighted by Gasteiger charge is 2.48. The number of carbonyl (C=O) groups is 2. The lowest BCUT2D eigenvalue weighted by atomic mass is 9.84. The number of para-hydroxylation sites is 1. The number of imide groups is 1. The van der Waals surface area contributed by atoms with Crippen LogP contribution in [0.5, 0.6) is 0 Å². The van der Waals surface area contributed by atoms with Crippen LogP contribution in [0, 0.1) is 0 Å². The molecule has 8 heteroatoms. The Kier molecular flexibility index (Phi) is 5.79. The van der Waals surface area contributed by atoms with Crippen LogP contribution in [0.4, 0.5) is 10.5 Å². The zero-order valence-electron chi connectivity index (χ0n) is 17.4. The number of ether oxygens (including phenoxy) is 1. The first-order valence-electron chi connectivity index (χ1n) is 10.5. The molecule has 1 saturated heterocycles. The second-order valence-corrected chi connectivity index (χ2v) is 8.63. The van der Waals surface area contributed by atoms with Gasteiger partial charge in [0, 0.05) is 10.0 Å². The molecule has 5 rings (SSSR count). The zero-order valence-corrected chi connectivity index (χ0v) is 18.9. The third kappa shape index (κ3) is 4.08. The summed E-state index contributed by atoms with van der Waals surface area (Å²) in [5.41, 5.74) is 3.05. The molecular weight excluding hydrogens is 461 g/mol. The maximum atomic E-state index is 13.8. The number of rotatable bonds is 4. The van der Waals surface area contributed by atoms with Crippen molar-refractivity contribution in [3.63, 3.8) is 0 Å². The first-order valence-corrected chi connectivity index (χ1v) is 11.2. The molecular formula is C25H19Cl2N3O3. The highest BCUT2D eigenvalue weighted by atomic mass is 35.5. The van der Waals surface area contributed by atoms with E-state index in [0.29, 0.717) is 15.8 Å². The van der Waals surface area contributed by atoms with Gasteiger partial charge in [-0.25, -0.2) is 9.69 Å². The molecule has 0 spiro atoms. The fourth-order valence-electron chi connectivity index (χ4n) is 4.23. The van der Waals surface area contributed by atoms with E-state index in [0.717, 1.165) is 21.7 Å². The van der Waals surface area contributed by atoms with Crippen LogP contribution in [0.25, 0.3) is 0 Å². The number of hydrogen-bond donors (Lipinski definition) is 0. The van der Waals surface area contributed by atoms with Crippen molar-refractivity contribution in [3.8, 4) is 0 Å². The van der Waals surface area contributed by atoms with Crippen molar-refractivity contribution < 1.29 is 14.3 Å². The molecule has 2 aliphatic heterocycles. The van der Waals surface area contributed by atoms with E-state index in [1.807, 2.05) is 60.7 Å². The van der Waals surface area contributed by atoms with Gasteiger partial charge in [0.2, 0.25) is 0 Å². The van der Waals surface area contributed by atoms with Crippen LogP contribution in [0.15, 0.2) is 84.0 Å². The first kappa shape index (κ1) is 21.5. The van der Waals surface area contributed by atoms with Crippen molar-refractivity contribution in [1.29, 1.82) is 0 Å². The van der Waals surface area contributed by atoms with Gasteiger partial charge in [-0.15, -0.1) is 0 Å². The van der Waals surface area contributed by atoms with E-state index < -0.39 is 18.1 Å². The molecule has 0 aromatic heterocycles. The third-order valence-electron chi connectivity index (χ3n) is 5.74. The molecule has 3 aromatic rings. The van der Waals surface area contributed by atoms with Gasteiger partial charge in [0.15, 0.2) is 0 Å². The average Bonchev–Trinajstić information content (AvgIpc) is 3.44. The SMILES string of the molecule is O=C1OCCN1C(=O)[C@@H]1[C@@H](c2ccc(Cl)cc2)C(c2cccc(Cl)c2)=NN1c1ccccc1. The molecule has 1 fully saturated rings. The van der Waals surface area contributed by atoms with Gasteiger partial charge >= 0.3 is 6.09 Å². The minimum atomic E-state index is -0.798. The van der Waals surface area contributed by atoms with Gasteiger partial charge in [0.1, 0.15) is 12.6 Å². The van der Waals surface area contributed by atoms with Crippen LogP contribution in [-0.2, 0) is 9.53 Å². The second kappa shape index (κ2) is 8.89. The normalized spacial score (nSPS) is 20.1. The number of nitrogens with zero attached hydrogens (tertiary/aromatic N) is 3. The maximum Gasteiger partial charge on any atom is 0.416 e. The largest absolute Gasteiger partial charge is 0.447 e. The fraction of sp³-hybridized carbons (Fsp3) is 0.160. The minimum Gasteiger partial charge on any atom is -0.447 e. The van der Waals surface area contributed by atoms with Gasteiger partial charge in [0.25, 0.3) is 5.91 Å². The molecule has 0 aliphatic carbocycles. The second-order valence-electron chi connectivity index (χ2n) is 7.75. The lowest BCUT2D eigenvalue weighted by Gasteiger charge is -2.29. The van der Waals surface area contributed by atoms with E-state index >= 15 is 0 Å². The predicted octanol–water partition coefficient (Wildman–Crippen LogP) is 5.35. The molecule has 3 aromatic carbocycles. The van der Waals surface area contributed by atoms with Gasteiger partial charge < -0.3 is 4.74 Å². The molecule has 166 valence electrons. The Morgan fingerprint density at radius 3 is 2.36 bits per heavy atom. The molecule has 2 amide bonds. The Labute approximate surface area is 201 Å². The molecule has 0 N–H and O–H groups in total. The summed E-state index contributed by atoms with van der Waals surface area (Å²) in [5.74, 6) is -0.844. The average molecular weight is 480 g/mol. The minimum absolute atomic E-state index is 0.177. The number of hydrazone groups is 1. The Hall–Kier alpha value is -3.35. The van der Waals surface area contributed by atoms with Crippen LogP contribution >= 0.6 is 23.2 Å². The Balaban J connectivity index is 1.69. The van der Waals surface area contributed by atoms with Crippen molar-refractivity contribution in [2.45, 2.75) is 12.0 Å². The van der Waals surface area contributed by atoms with Crippen molar-refractivity contribution in [1.82, 2.24) is 4.90 Å². The number of carbonyl (C=O) groups excluding carboxylic acids is 2. The topological polar surface area (TPSA) is 62.2 Å². The standard InChI is InChI=1S/C25H19Cl2N3O3/c26-18-11-9-16(10-12-18)21-22(17-5-4-6-19(27)15-17)28-30(20-7-2-1-3-8-20)23(21)24(31)29-13-14-33-25(29)32/h1-12,15,21,23H,13-14H2/t21-,23-/m0/s1. The molecule has 0 saturated carbocycles.